The Labute approximate surface area is 321 Å². The summed E-state index contributed by atoms with van der Waals surface area (Å²) in [6, 6.07) is 49.4. The van der Waals surface area contributed by atoms with E-state index in [2.05, 4.69) is 210 Å². The molecule has 0 saturated carbocycles. The normalized spacial score (nSPS) is 12.9. The highest BCUT2D eigenvalue weighted by atomic mass is 14.2. The molecule has 0 spiro atoms. The van der Waals surface area contributed by atoms with Gasteiger partial charge in [0, 0.05) is 5.92 Å². The van der Waals surface area contributed by atoms with Crippen LogP contribution in [0.2, 0.25) is 0 Å². The fourth-order valence-corrected chi connectivity index (χ4v) is 6.24. The molecule has 0 saturated heterocycles. The van der Waals surface area contributed by atoms with Gasteiger partial charge in [0.1, 0.15) is 0 Å². The summed E-state index contributed by atoms with van der Waals surface area (Å²) >= 11 is 0. The molecule has 0 heteroatoms. The van der Waals surface area contributed by atoms with Crippen LogP contribution in [0.15, 0.2) is 207 Å². The minimum Gasteiger partial charge on any atom is -0.106 e. The van der Waals surface area contributed by atoms with Crippen molar-refractivity contribution < 1.29 is 0 Å². The second kappa shape index (κ2) is 23.7. The molecule has 6 rings (SSSR count). The van der Waals surface area contributed by atoms with E-state index >= 15 is 0 Å². The van der Waals surface area contributed by atoms with Crippen molar-refractivity contribution in [2.45, 2.75) is 59.8 Å². The van der Waals surface area contributed by atoms with Crippen LogP contribution in [-0.4, -0.2) is 0 Å². The minimum absolute atomic E-state index is 0.466. The second-order valence-corrected chi connectivity index (χ2v) is 12.4. The highest BCUT2D eigenvalue weighted by Gasteiger charge is 2.15. The first-order valence-electron chi connectivity index (χ1n) is 19.0. The Bertz CT molecular complexity index is 1950. The van der Waals surface area contributed by atoms with E-state index in [1.807, 2.05) is 26.8 Å². The van der Waals surface area contributed by atoms with Gasteiger partial charge in [-0.2, -0.15) is 0 Å². The molecule has 5 aromatic rings. The Kier molecular flexibility index (Phi) is 18.6. The molecule has 0 amide bonds. The maximum atomic E-state index is 4.19. The molecular weight excluding hydrogens is 637 g/mol. The van der Waals surface area contributed by atoms with Crippen molar-refractivity contribution in [1.82, 2.24) is 0 Å². The molecule has 1 unspecified atom stereocenters. The predicted molar refractivity (Wildman–Crippen MR) is 238 cm³/mol. The Morgan fingerprint density at radius 3 is 1.72 bits per heavy atom. The van der Waals surface area contributed by atoms with Gasteiger partial charge in [0.15, 0.2) is 0 Å². The van der Waals surface area contributed by atoms with Crippen molar-refractivity contribution in [2.75, 3.05) is 0 Å². The van der Waals surface area contributed by atoms with Gasteiger partial charge in [-0.1, -0.05) is 209 Å². The summed E-state index contributed by atoms with van der Waals surface area (Å²) < 4.78 is 0. The summed E-state index contributed by atoms with van der Waals surface area (Å²) in [6.07, 6.45) is 18.5. The highest BCUT2D eigenvalue weighted by molar-refractivity contribution is 5.82. The van der Waals surface area contributed by atoms with Crippen LogP contribution in [0.5, 0.6) is 0 Å². The van der Waals surface area contributed by atoms with E-state index in [9.17, 15) is 0 Å². The van der Waals surface area contributed by atoms with Gasteiger partial charge in [-0.05, 0) is 94.8 Å². The lowest BCUT2D eigenvalue weighted by atomic mass is 9.84. The molecule has 1 atom stereocenters. The lowest BCUT2D eigenvalue weighted by molar-refractivity contribution is 0.805. The molecule has 0 fully saturated rings. The summed E-state index contributed by atoms with van der Waals surface area (Å²) in [5, 5.41) is 0. The number of rotatable bonds is 10. The second-order valence-electron chi connectivity index (χ2n) is 12.4. The third kappa shape index (κ3) is 12.8. The Balaban J connectivity index is 0.000000263. The lowest BCUT2D eigenvalue weighted by Gasteiger charge is -2.21. The maximum Gasteiger partial charge on any atom is 0.00230 e. The van der Waals surface area contributed by atoms with Gasteiger partial charge >= 0.3 is 0 Å². The molecule has 0 nitrogen and oxygen atoms in total. The first kappa shape index (κ1) is 41.7. The van der Waals surface area contributed by atoms with E-state index in [0.717, 1.165) is 30.4 Å². The standard InChI is InChI=1S/C26H24.C23H24.C2H6.C2H4/c1-20(21-12-16-25(17-13-21)23-8-4-2-5-9-23)22-14-18-26(19-15-22)24-10-6-3-7-11-24;1-4-6-7-9-13-19(3)21-16-12-17-22(18-21)23(5-2)20-14-10-8-11-15-20;2*1-2/h2-14,16-18,20H,15,19H2,1H3;4-6,8-18H,3,7H2,1-2H3;1-2H3;1-2H2/b;6-4-,13-9+,23-5+;;. The largest absolute Gasteiger partial charge is 0.106 e. The third-order valence-corrected chi connectivity index (χ3v) is 9.14. The van der Waals surface area contributed by atoms with E-state index in [4.69, 9.17) is 0 Å². The Morgan fingerprint density at radius 1 is 0.604 bits per heavy atom. The molecule has 0 heterocycles. The molecule has 270 valence electrons. The van der Waals surface area contributed by atoms with Crippen molar-refractivity contribution in [3.05, 3.63) is 235 Å². The van der Waals surface area contributed by atoms with E-state index in [-0.39, 0.29) is 0 Å². The number of benzene rings is 5. The Morgan fingerprint density at radius 2 is 1.15 bits per heavy atom. The zero-order valence-electron chi connectivity index (χ0n) is 32.6. The average molecular weight is 695 g/mol. The summed E-state index contributed by atoms with van der Waals surface area (Å²) in [5.74, 6) is 0.466. The van der Waals surface area contributed by atoms with Crippen LogP contribution in [0, 0.1) is 0 Å². The van der Waals surface area contributed by atoms with Gasteiger partial charge in [-0.3, -0.25) is 0 Å². The number of hydrogen-bond donors (Lipinski definition) is 0. The lowest BCUT2D eigenvalue weighted by Crippen LogP contribution is -2.02. The van der Waals surface area contributed by atoms with Crippen molar-refractivity contribution in [3.8, 4) is 11.1 Å². The van der Waals surface area contributed by atoms with Gasteiger partial charge in [0.05, 0.1) is 0 Å². The maximum absolute atomic E-state index is 4.19. The zero-order valence-corrected chi connectivity index (χ0v) is 32.6. The van der Waals surface area contributed by atoms with Crippen molar-refractivity contribution in [2.24, 2.45) is 0 Å². The van der Waals surface area contributed by atoms with Crippen LogP contribution in [0.4, 0.5) is 0 Å². The molecule has 1 aliphatic rings. The van der Waals surface area contributed by atoms with E-state index in [1.165, 1.54) is 50.1 Å². The van der Waals surface area contributed by atoms with E-state index in [0.29, 0.717) is 5.92 Å². The summed E-state index contributed by atoms with van der Waals surface area (Å²) in [4.78, 5) is 0. The molecule has 0 N–H and O–H groups in total. The Hall–Kier alpha value is -5.72. The summed E-state index contributed by atoms with van der Waals surface area (Å²) in [7, 11) is 0. The summed E-state index contributed by atoms with van der Waals surface area (Å²) in [5.41, 5.74) is 14.2. The zero-order chi connectivity index (χ0) is 38.3. The van der Waals surface area contributed by atoms with Gasteiger partial charge in [-0.15, -0.1) is 13.2 Å². The topological polar surface area (TPSA) is 0 Å². The van der Waals surface area contributed by atoms with Crippen LogP contribution >= 0.6 is 0 Å². The van der Waals surface area contributed by atoms with Crippen molar-refractivity contribution >= 4 is 16.7 Å². The first-order valence-corrected chi connectivity index (χ1v) is 19.0. The van der Waals surface area contributed by atoms with Crippen LogP contribution in [0.3, 0.4) is 0 Å². The van der Waals surface area contributed by atoms with Crippen LogP contribution < -0.4 is 0 Å². The molecule has 53 heavy (non-hydrogen) atoms. The molecule has 0 bridgehead atoms. The molecule has 0 aliphatic heterocycles. The van der Waals surface area contributed by atoms with Crippen LogP contribution in [0.1, 0.15) is 87.6 Å². The highest BCUT2D eigenvalue weighted by Crippen LogP contribution is 2.35. The first-order chi connectivity index (χ1) is 26.1. The van der Waals surface area contributed by atoms with Crippen molar-refractivity contribution in [1.29, 1.82) is 0 Å². The predicted octanol–water partition coefficient (Wildman–Crippen LogP) is 15.8. The quantitative estimate of drug-likeness (QED) is 0.101. The third-order valence-electron chi connectivity index (χ3n) is 9.14. The molecule has 1 aliphatic carbocycles. The van der Waals surface area contributed by atoms with Gasteiger partial charge in [0.2, 0.25) is 0 Å². The van der Waals surface area contributed by atoms with Gasteiger partial charge in [-0.25, -0.2) is 0 Å². The molecule has 0 radical (unpaired) electrons. The van der Waals surface area contributed by atoms with E-state index in [1.54, 1.807) is 0 Å². The van der Waals surface area contributed by atoms with Crippen LogP contribution in [0.25, 0.3) is 27.8 Å². The molecule has 5 aromatic carbocycles. The SMILES string of the molecule is C=C.C=C(/C=C/C/C=C\C)c1cccc(/C(=C/C)c2ccccc2)c1.CC.CC(C1=CC=C(c2ccccc2)CC1)c1ccc(-c2ccccc2)cc1. The van der Waals surface area contributed by atoms with Gasteiger partial charge < -0.3 is 0 Å². The molecular formula is C53H58. The van der Waals surface area contributed by atoms with Gasteiger partial charge in [0.25, 0.3) is 0 Å². The fourth-order valence-electron chi connectivity index (χ4n) is 6.24. The number of hydrogen-bond acceptors (Lipinski definition) is 0. The minimum atomic E-state index is 0.466. The average Bonchev–Trinajstić information content (AvgIpc) is 3.25. The number of allylic oxidation sites excluding steroid dienone is 10. The summed E-state index contributed by atoms with van der Waals surface area (Å²) in [6.45, 7) is 20.6. The van der Waals surface area contributed by atoms with Crippen molar-refractivity contribution in [3.63, 3.8) is 0 Å². The molecule has 0 aromatic heterocycles. The monoisotopic (exact) mass is 694 g/mol. The van der Waals surface area contributed by atoms with E-state index < -0.39 is 0 Å². The van der Waals surface area contributed by atoms with Crippen LogP contribution in [-0.2, 0) is 0 Å². The smallest absolute Gasteiger partial charge is 0.00230 e. The fraction of sp³-hybridized carbons (Fsp3) is 0.170.